The van der Waals surface area contributed by atoms with Gasteiger partial charge in [-0.2, -0.15) is 0 Å². The van der Waals surface area contributed by atoms with Crippen LogP contribution in [0, 0.1) is 11.6 Å². The summed E-state index contributed by atoms with van der Waals surface area (Å²) in [7, 11) is 0. The molecule has 0 aliphatic carbocycles. The van der Waals surface area contributed by atoms with Crippen LogP contribution in [0.25, 0.3) is 0 Å². The van der Waals surface area contributed by atoms with Crippen LogP contribution in [-0.2, 0) is 0 Å². The number of nitrogens with two attached hydrogens (primary N) is 1. The standard InChI is InChI=1S/C12H8BrClF2N2/c13-6-4-10(17)11(5-9(6)16)18-12-7(14)2-1-3-8(12)15/h1-5,18H,17H2. The molecule has 0 saturated heterocycles. The van der Waals surface area contributed by atoms with Crippen LogP contribution in [0.15, 0.2) is 34.8 Å². The lowest BCUT2D eigenvalue weighted by atomic mass is 10.2. The molecular formula is C12H8BrClF2N2. The molecule has 0 amide bonds. The Kier molecular flexibility index (Phi) is 3.73. The zero-order chi connectivity index (χ0) is 13.3. The van der Waals surface area contributed by atoms with Gasteiger partial charge in [-0.25, -0.2) is 8.78 Å². The first kappa shape index (κ1) is 13.1. The average Bonchev–Trinajstić information content (AvgIpc) is 2.30. The van der Waals surface area contributed by atoms with Crippen molar-refractivity contribution >= 4 is 44.6 Å². The summed E-state index contributed by atoms with van der Waals surface area (Å²) in [4.78, 5) is 0. The Bertz CT molecular complexity index is 585. The van der Waals surface area contributed by atoms with Crippen molar-refractivity contribution in [2.24, 2.45) is 0 Å². The number of nitrogens with one attached hydrogen (secondary N) is 1. The number of rotatable bonds is 2. The van der Waals surface area contributed by atoms with Crippen molar-refractivity contribution in [3.05, 3.63) is 51.5 Å². The molecule has 0 atom stereocenters. The summed E-state index contributed by atoms with van der Waals surface area (Å²) in [6.45, 7) is 0. The van der Waals surface area contributed by atoms with Gasteiger partial charge in [0.2, 0.25) is 0 Å². The summed E-state index contributed by atoms with van der Waals surface area (Å²) in [5.74, 6) is -1.04. The lowest BCUT2D eigenvalue weighted by Crippen LogP contribution is -2.00. The summed E-state index contributed by atoms with van der Waals surface area (Å²) in [5.41, 5.74) is 6.31. The highest BCUT2D eigenvalue weighted by molar-refractivity contribution is 9.10. The molecule has 6 heteroatoms. The zero-order valence-electron chi connectivity index (χ0n) is 8.98. The summed E-state index contributed by atoms with van der Waals surface area (Å²) in [6, 6.07) is 6.82. The Morgan fingerprint density at radius 2 is 1.89 bits per heavy atom. The minimum atomic E-state index is -0.537. The molecule has 2 aromatic rings. The van der Waals surface area contributed by atoms with Crippen molar-refractivity contribution in [3.8, 4) is 0 Å². The third kappa shape index (κ3) is 2.57. The zero-order valence-corrected chi connectivity index (χ0v) is 11.3. The van der Waals surface area contributed by atoms with Gasteiger partial charge in [0.15, 0.2) is 0 Å². The van der Waals surface area contributed by atoms with E-state index in [-0.39, 0.29) is 26.6 Å². The Labute approximate surface area is 116 Å². The number of benzene rings is 2. The van der Waals surface area contributed by atoms with E-state index in [0.717, 1.165) is 0 Å². The molecule has 2 rings (SSSR count). The average molecular weight is 334 g/mol. The molecule has 0 fully saturated rings. The van der Waals surface area contributed by atoms with Crippen LogP contribution in [0.3, 0.4) is 0 Å². The predicted octanol–water partition coefficient (Wildman–Crippen LogP) is 4.71. The van der Waals surface area contributed by atoms with E-state index in [4.69, 9.17) is 17.3 Å². The van der Waals surface area contributed by atoms with Gasteiger partial charge in [0.1, 0.15) is 11.6 Å². The van der Waals surface area contributed by atoms with Gasteiger partial charge in [-0.05, 0) is 34.1 Å². The quantitative estimate of drug-likeness (QED) is 0.781. The predicted molar refractivity (Wildman–Crippen MR) is 73.2 cm³/mol. The molecule has 94 valence electrons. The maximum Gasteiger partial charge on any atom is 0.148 e. The minimum absolute atomic E-state index is 0.0626. The number of anilines is 3. The van der Waals surface area contributed by atoms with Crippen LogP contribution in [0.4, 0.5) is 25.8 Å². The molecule has 0 heterocycles. The van der Waals surface area contributed by atoms with Crippen LogP contribution in [0.2, 0.25) is 5.02 Å². The fraction of sp³-hybridized carbons (Fsp3) is 0. The molecule has 0 spiro atoms. The molecule has 0 aliphatic rings. The third-order valence-corrected chi connectivity index (χ3v) is 3.24. The van der Waals surface area contributed by atoms with Crippen LogP contribution < -0.4 is 11.1 Å². The van der Waals surface area contributed by atoms with Crippen molar-refractivity contribution in [2.75, 3.05) is 11.1 Å². The molecule has 0 bridgehead atoms. The molecule has 18 heavy (non-hydrogen) atoms. The van der Waals surface area contributed by atoms with E-state index in [1.54, 1.807) is 0 Å². The molecule has 3 N–H and O–H groups in total. The Morgan fingerprint density at radius 3 is 2.56 bits per heavy atom. The number of hydrogen-bond donors (Lipinski definition) is 2. The van der Waals surface area contributed by atoms with Gasteiger partial charge in [0.05, 0.1) is 26.6 Å². The van der Waals surface area contributed by atoms with Crippen molar-refractivity contribution in [3.63, 3.8) is 0 Å². The molecule has 2 nitrogen and oxygen atoms in total. The second kappa shape index (κ2) is 5.12. The number of para-hydroxylation sites is 1. The maximum absolute atomic E-state index is 13.6. The summed E-state index contributed by atoms with van der Waals surface area (Å²) >= 11 is 8.87. The third-order valence-electron chi connectivity index (χ3n) is 2.31. The Hall–Kier alpha value is -1.33. The highest BCUT2D eigenvalue weighted by Crippen LogP contribution is 2.33. The molecule has 2 aromatic carbocycles. The topological polar surface area (TPSA) is 38.0 Å². The van der Waals surface area contributed by atoms with Gasteiger partial charge in [-0.15, -0.1) is 0 Å². The van der Waals surface area contributed by atoms with E-state index >= 15 is 0 Å². The highest BCUT2D eigenvalue weighted by Gasteiger charge is 2.11. The summed E-state index contributed by atoms with van der Waals surface area (Å²) in [5, 5.41) is 2.88. The molecule has 0 radical (unpaired) electrons. The maximum atomic E-state index is 13.6. The second-order valence-corrected chi connectivity index (χ2v) is 4.84. The molecule has 0 aliphatic heterocycles. The fourth-order valence-electron chi connectivity index (χ4n) is 1.42. The van der Waals surface area contributed by atoms with Crippen LogP contribution >= 0.6 is 27.5 Å². The molecular weight excluding hydrogens is 325 g/mol. The van der Waals surface area contributed by atoms with Gasteiger partial charge in [-0.1, -0.05) is 17.7 Å². The second-order valence-electron chi connectivity index (χ2n) is 3.58. The number of halogens is 4. The summed E-state index contributed by atoms with van der Waals surface area (Å²) < 4.78 is 27.2. The Morgan fingerprint density at radius 1 is 1.17 bits per heavy atom. The normalized spacial score (nSPS) is 10.4. The molecule has 0 aromatic heterocycles. The lowest BCUT2D eigenvalue weighted by molar-refractivity contribution is 0.621. The van der Waals surface area contributed by atoms with Gasteiger partial charge >= 0.3 is 0 Å². The fourth-order valence-corrected chi connectivity index (χ4v) is 1.99. The van der Waals surface area contributed by atoms with Gasteiger partial charge in [0.25, 0.3) is 0 Å². The summed E-state index contributed by atoms with van der Waals surface area (Å²) in [6.07, 6.45) is 0. The van der Waals surface area contributed by atoms with Gasteiger partial charge < -0.3 is 11.1 Å². The largest absolute Gasteiger partial charge is 0.397 e. The number of nitrogen functional groups attached to an aromatic ring is 1. The monoisotopic (exact) mass is 332 g/mol. The van der Waals surface area contributed by atoms with Crippen LogP contribution in [0.1, 0.15) is 0 Å². The number of hydrogen-bond acceptors (Lipinski definition) is 2. The molecule has 0 unspecified atom stereocenters. The van der Waals surface area contributed by atoms with E-state index in [2.05, 4.69) is 21.2 Å². The smallest absolute Gasteiger partial charge is 0.148 e. The van der Waals surface area contributed by atoms with E-state index in [1.807, 2.05) is 0 Å². The SMILES string of the molecule is Nc1cc(Br)c(F)cc1Nc1c(F)cccc1Cl. The van der Waals surface area contributed by atoms with Crippen LogP contribution in [0.5, 0.6) is 0 Å². The van der Waals surface area contributed by atoms with Crippen molar-refractivity contribution in [1.29, 1.82) is 0 Å². The highest BCUT2D eigenvalue weighted by atomic mass is 79.9. The van der Waals surface area contributed by atoms with Crippen LogP contribution in [-0.4, -0.2) is 0 Å². The lowest BCUT2D eigenvalue weighted by Gasteiger charge is -2.12. The van der Waals surface area contributed by atoms with Crippen molar-refractivity contribution in [2.45, 2.75) is 0 Å². The first-order chi connectivity index (χ1) is 8.49. The van der Waals surface area contributed by atoms with Gasteiger partial charge in [-0.3, -0.25) is 0 Å². The first-order valence-corrected chi connectivity index (χ1v) is 6.11. The van der Waals surface area contributed by atoms with Crippen molar-refractivity contribution < 1.29 is 8.78 Å². The first-order valence-electron chi connectivity index (χ1n) is 4.94. The molecule has 0 saturated carbocycles. The van der Waals surface area contributed by atoms with Gasteiger partial charge in [0, 0.05) is 6.07 Å². The van der Waals surface area contributed by atoms with E-state index in [9.17, 15) is 8.78 Å². The minimum Gasteiger partial charge on any atom is -0.397 e. The van der Waals surface area contributed by atoms with E-state index in [1.165, 1.54) is 30.3 Å². The van der Waals surface area contributed by atoms with Crippen molar-refractivity contribution in [1.82, 2.24) is 0 Å². The Balaban J connectivity index is 2.43. The van der Waals surface area contributed by atoms with E-state index in [0.29, 0.717) is 0 Å². The van der Waals surface area contributed by atoms with E-state index < -0.39 is 11.6 Å².